The van der Waals surface area contributed by atoms with Crippen molar-refractivity contribution < 1.29 is 14.3 Å². The Bertz CT molecular complexity index is 881. The lowest BCUT2D eigenvalue weighted by molar-refractivity contribution is -0.146. The number of esters is 1. The number of carbonyl (C=O) groups is 1. The third-order valence-electron chi connectivity index (χ3n) is 6.74. The van der Waals surface area contributed by atoms with E-state index in [0.29, 0.717) is 0 Å². The summed E-state index contributed by atoms with van der Waals surface area (Å²) >= 11 is 0. The molecule has 0 amide bonds. The first kappa shape index (κ1) is 22.8. The quantitative estimate of drug-likeness (QED) is 0.289. The fraction of sp³-hybridized carbons (Fsp3) is 0.593. The summed E-state index contributed by atoms with van der Waals surface area (Å²) in [7, 11) is 0. The maximum absolute atomic E-state index is 12.1. The van der Waals surface area contributed by atoms with E-state index in [1.54, 1.807) is 0 Å². The number of benzene rings is 1. The summed E-state index contributed by atoms with van der Waals surface area (Å²) in [6, 6.07) is 7.89. The molecule has 1 saturated heterocycles. The highest BCUT2D eigenvalue weighted by Gasteiger charge is 2.65. The zero-order valence-corrected chi connectivity index (χ0v) is 19.5. The van der Waals surface area contributed by atoms with Crippen molar-refractivity contribution in [3.05, 3.63) is 42.2 Å². The number of ether oxygens (including phenoxy) is 2. The molecule has 2 unspecified atom stereocenters. The van der Waals surface area contributed by atoms with E-state index in [2.05, 4.69) is 23.8 Å². The van der Waals surface area contributed by atoms with Gasteiger partial charge in [0.15, 0.2) is 11.4 Å². The number of carbonyl (C=O) groups excluding carboxylic acids is 1. The van der Waals surface area contributed by atoms with Crippen LogP contribution in [0.1, 0.15) is 83.6 Å². The van der Waals surface area contributed by atoms with Gasteiger partial charge in [0, 0.05) is 30.8 Å². The van der Waals surface area contributed by atoms with E-state index in [1.807, 2.05) is 36.7 Å². The van der Waals surface area contributed by atoms with Crippen LogP contribution in [0.4, 0.5) is 0 Å². The average Bonchev–Trinajstić information content (AvgIpc) is 3.36. The van der Waals surface area contributed by atoms with Gasteiger partial charge in [-0.25, -0.2) is 9.97 Å². The molecule has 0 bridgehead atoms. The maximum atomic E-state index is 12.1. The Labute approximate surface area is 192 Å². The Morgan fingerprint density at radius 3 is 2.41 bits per heavy atom. The van der Waals surface area contributed by atoms with Gasteiger partial charge in [-0.3, -0.25) is 4.79 Å². The summed E-state index contributed by atoms with van der Waals surface area (Å²) in [5, 5.41) is 0. The van der Waals surface area contributed by atoms with Crippen LogP contribution in [0, 0.1) is 5.92 Å². The Hall–Kier alpha value is -2.43. The highest BCUT2D eigenvalue weighted by Crippen LogP contribution is 2.52. The molecule has 2 heterocycles. The summed E-state index contributed by atoms with van der Waals surface area (Å²) < 4.78 is 11.8. The second-order valence-corrected chi connectivity index (χ2v) is 9.44. The Morgan fingerprint density at radius 2 is 1.69 bits per heavy atom. The van der Waals surface area contributed by atoms with Crippen LogP contribution in [-0.4, -0.2) is 27.6 Å². The molecule has 1 spiro atoms. The van der Waals surface area contributed by atoms with Crippen LogP contribution in [0.25, 0.3) is 11.4 Å². The molecule has 0 radical (unpaired) electrons. The minimum absolute atomic E-state index is 0.0309. The fourth-order valence-electron chi connectivity index (χ4n) is 4.71. The van der Waals surface area contributed by atoms with E-state index in [0.717, 1.165) is 49.2 Å². The van der Waals surface area contributed by atoms with Gasteiger partial charge in [0.25, 0.3) is 0 Å². The zero-order chi connectivity index (χ0) is 22.4. The van der Waals surface area contributed by atoms with E-state index in [9.17, 15) is 4.79 Å². The second kappa shape index (κ2) is 10.5. The summed E-state index contributed by atoms with van der Waals surface area (Å²) in [6.07, 6.45) is 16.2. The number of nitrogens with zero attached hydrogens (tertiary/aromatic N) is 2. The van der Waals surface area contributed by atoms with E-state index in [-0.39, 0.29) is 23.6 Å². The van der Waals surface area contributed by atoms with E-state index in [1.165, 1.54) is 44.1 Å². The third kappa shape index (κ3) is 5.48. The molecular formula is C27H36N2O3. The van der Waals surface area contributed by atoms with Crippen LogP contribution >= 0.6 is 0 Å². The molecule has 5 heteroatoms. The zero-order valence-electron chi connectivity index (χ0n) is 19.5. The van der Waals surface area contributed by atoms with Gasteiger partial charge in [0.05, 0.1) is 5.92 Å². The Balaban J connectivity index is 1.25. The van der Waals surface area contributed by atoms with Crippen molar-refractivity contribution in [3.63, 3.8) is 0 Å². The number of aryl methyl sites for hydroxylation is 1. The molecule has 32 heavy (non-hydrogen) atoms. The minimum Gasteiger partial charge on any atom is -0.486 e. The molecule has 3 atom stereocenters. The minimum atomic E-state index is -0.384. The molecule has 1 aromatic carbocycles. The SMILES string of the molecule is CCCCCCCCc1cnc(-c2ccc(OC3CC34C[C@@H](CCC)C(=O)O4)cc2)nc1. The van der Waals surface area contributed by atoms with Crippen molar-refractivity contribution in [2.75, 3.05) is 0 Å². The lowest BCUT2D eigenvalue weighted by atomic mass is 9.99. The molecule has 172 valence electrons. The highest BCUT2D eigenvalue weighted by molar-refractivity contribution is 5.76. The van der Waals surface area contributed by atoms with Crippen LogP contribution in [0.2, 0.25) is 0 Å². The summed E-state index contributed by atoms with van der Waals surface area (Å²) in [4.78, 5) is 21.2. The third-order valence-corrected chi connectivity index (χ3v) is 6.74. The molecule has 2 fully saturated rings. The van der Waals surface area contributed by atoms with Gasteiger partial charge < -0.3 is 9.47 Å². The van der Waals surface area contributed by atoms with Crippen LogP contribution in [0.5, 0.6) is 5.75 Å². The van der Waals surface area contributed by atoms with Crippen LogP contribution in [0.15, 0.2) is 36.7 Å². The highest BCUT2D eigenvalue weighted by atomic mass is 16.6. The van der Waals surface area contributed by atoms with E-state index < -0.39 is 0 Å². The van der Waals surface area contributed by atoms with Crippen LogP contribution in [0.3, 0.4) is 0 Å². The van der Waals surface area contributed by atoms with Crippen LogP contribution < -0.4 is 4.74 Å². The van der Waals surface area contributed by atoms with Crippen molar-refractivity contribution in [1.82, 2.24) is 9.97 Å². The predicted molar refractivity (Wildman–Crippen MR) is 125 cm³/mol. The van der Waals surface area contributed by atoms with Gasteiger partial charge in [-0.1, -0.05) is 52.4 Å². The standard InChI is InChI=1S/C27H36N2O3/c1-3-5-6-7-8-9-11-20-18-28-25(29-19-20)21-12-14-23(15-13-21)31-24-17-27(24)16-22(10-4-2)26(30)32-27/h12-15,18-19,22,24H,3-11,16-17H2,1-2H3/t22-,24?,27?/m1/s1. The topological polar surface area (TPSA) is 61.3 Å². The molecule has 4 rings (SSSR count). The van der Waals surface area contributed by atoms with Gasteiger partial charge in [0.1, 0.15) is 11.9 Å². The first-order valence-corrected chi connectivity index (χ1v) is 12.4. The molecule has 1 aliphatic heterocycles. The summed E-state index contributed by atoms with van der Waals surface area (Å²) in [6.45, 7) is 4.35. The number of rotatable bonds is 12. The molecule has 2 aliphatic rings. The Kier molecular flexibility index (Phi) is 7.44. The number of hydrogen-bond donors (Lipinski definition) is 0. The summed E-state index contributed by atoms with van der Waals surface area (Å²) in [5.41, 5.74) is 1.80. The molecule has 1 aromatic heterocycles. The maximum Gasteiger partial charge on any atom is 0.309 e. The summed E-state index contributed by atoms with van der Waals surface area (Å²) in [5.74, 6) is 1.52. The van der Waals surface area contributed by atoms with Crippen LogP contribution in [-0.2, 0) is 16.0 Å². The fourth-order valence-corrected chi connectivity index (χ4v) is 4.71. The number of hydrogen-bond acceptors (Lipinski definition) is 5. The lowest BCUT2D eigenvalue weighted by Crippen LogP contribution is -2.17. The average molecular weight is 437 g/mol. The van der Waals surface area contributed by atoms with Crippen molar-refractivity contribution in [2.45, 2.75) is 96.2 Å². The molecule has 1 aliphatic carbocycles. The normalized spacial score (nSPS) is 24.0. The first-order chi connectivity index (χ1) is 15.6. The molecular weight excluding hydrogens is 400 g/mol. The van der Waals surface area contributed by atoms with Crippen molar-refractivity contribution in [1.29, 1.82) is 0 Å². The lowest BCUT2D eigenvalue weighted by Gasteiger charge is -2.11. The van der Waals surface area contributed by atoms with E-state index >= 15 is 0 Å². The Morgan fingerprint density at radius 1 is 0.969 bits per heavy atom. The molecule has 5 nitrogen and oxygen atoms in total. The second-order valence-electron chi connectivity index (χ2n) is 9.44. The molecule has 1 saturated carbocycles. The largest absolute Gasteiger partial charge is 0.486 e. The van der Waals surface area contributed by atoms with Gasteiger partial charge in [-0.05, 0) is 49.1 Å². The molecule has 0 N–H and O–H groups in total. The predicted octanol–water partition coefficient (Wildman–Crippen LogP) is 6.30. The smallest absolute Gasteiger partial charge is 0.309 e. The van der Waals surface area contributed by atoms with Gasteiger partial charge in [-0.15, -0.1) is 0 Å². The van der Waals surface area contributed by atoms with Gasteiger partial charge >= 0.3 is 5.97 Å². The van der Waals surface area contributed by atoms with E-state index in [4.69, 9.17) is 9.47 Å². The van der Waals surface area contributed by atoms with Crippen molar-refractivity contribution in [2.24, 2.45) is 5.92 Å². The number of unbranched alkanes of at least 4 members (excludes halogenated alkanes) is 5. The van der Waals surface area contributed by atoms with Crippen molar-refractivity contribution in [3.8, 4) is 17.1 Å². The number of aromatic nitrogens is 2. The monoisotopic (exact) mass is 436 g/mol. The van der Waals surface area contributed by atoms with Gasteiger partial charge in [0.2, 0.25) is 0 Å². The van der Waals surface area contributed by atoms with Gasteiger partial charge in [-0.2, -0.15) is 0 Å². The van der Waals surface area contributed by atoms with Crippen molar-refractivity contribution >= 4 is 5.97 Å². The first-order valence-electron chi connectivity index (χ1n) is 12.4. The molecule has 2 aromatic rings.